The maximum Gasteiger partial charge on any atom is 0.205 e. The van der Waals surface area contributed by atoms with E-state index in [1.54, 1.807) is 35.9 Å². The summed E-state index contributed by atoms with van der Waals surface area (Å²) in [5.74, 6) is -0.314. The summed E-state index contributed by atoms with van der Waals surface area (Å²) >= 11 is 1.35. The molecule has 1 heterocycles. The van der Waals surface area contributed by atoms with Gasteiger partial charge in [-0.25, -0.2) is 13.8 Å². The molecule has 3 N–H and O–H groups in total. The third kappa shape index (κ3) is 4.51. The van der Waals surface area contributed by atoms with Crippen LogP contribution in [-0.4, -0.2) is 11.2 Å². The maximum absolute atomic E-state index is 13.5. The molecule has 1 aromatic heterocycles. The number of hydrogen-bond acceptors (Lipinski definition) is 6. The molecule has 8 heteroatoms. The Balaban J connectivity index is 1.57. The zero-order chi connectivity index (χ0) is 17.6. The van der Waals surface area contributed by atoms with E-state index in [9.17, 15) is 8.78 Å². The van der Waals surface area contributed by atoms with Gasteiger partial charge >= 0.3 is 0 Å². The molecular weight excluding hydrogens is 346 g/mol. The summed E-state index contributed by atoms with van der Waals surface area (Å²) in [7, 11) is 0. The van der Waals surface area contributed by atoms with Crippen molar-refractivity contribution in [3.8, 4) is 5.75 Å². The molecule has 0 fully saturated rings. The Hall–Kier alpha value is -3.00. The number of nitrogens with two attached hydrogens (primary N) is 1. The van der Waals surface area contributed by atoms with Gasteiger partial charge < -0.3 is 10.5 Å². The fourth-order valence-electron chi connectivity index (χ4n) is 1.98. The SMILES string of the molecule is Nc1csc(NN=Cc2ccc(OCc3c(F)cccc3F)cc2)n1. The lowest BCUT2D eigenvalue weighted by atomic mass is 10.2. The maximum atomic E-state index is 13.5. The first-order valence-electron chi connectivity index (χ1n) is 7.27. The molecule has 0 aliphatic carbocycles. The number of anilines is 2. The second-order valence-electron chi connectivity index (χ2n) is 5.01. The highest BCUT2D eigenvalue weighted by Crippen LogP contribution is 2.18. The van der Waals surface area contributed by atoms with Crippen LogP contribution in [0.25, 0.3) is 0 Å². The van der Waals surface area contributed by atoms with Crippen LogP contribution in [0.2, 0.25) is 0 Å². The van der Waals surface area contributed by atoms with Crippen LogP contribution < -0.4 is 15.9 Å². The Morgan fingerprint density at radius 1 is 1.16 bits per heavy atom. The zero-order valence-electron chi connectivity index (χ0n) is 12.9. The first-order chi connectivity index (χ1) is 12.1. The van der Waals surface area contributed by atoms with E-state index in [1.165, 1.54) is 29.5 Å². The van der Waals surface area contributed by atoms with Gasteiger partial charge in [-0.2, -0.15) is 5.10 Å². The Morgan fingerprint density at radius 2 is 1.88 bits per heavy atom. The van der Waals surface area contributed by atoms with E-state index >= 15 is 0 Å². The molecule has 0 radical (unpaired) electrons. The first kappa shape index (κ1) is 16.8. The average molecular weight is 360 g/mol. The van der Waals surface area contributed by atoms with Crippen molar-refractivity contribution in [1.29, 1.82) is 0 Å². The van der Waals surface area contributed by atoms with Crippen LogP contribution in [-0.2, 0) is 6.61 Å². The Bertz CT molecular complexity index is 860. The highest BCUT2D eigenvalue weighted by Gasteiger charge is 2.08. The molecule has 0 saturated heterocycles. The molecule has 0 bridgehead atoms. The zero-order valence-corrected chi connectivity index (χ0v) is 13.8. The Labute approximate surface area is 146 Å². The normalized spacial score (nSPS) is 11.0. The van der Waals surface area contributed by atoms with Crippen LogP contribution in [0.15, 0.2) is 52.9 Å². The number of nitrogens with zero attached hydrogens (tertiary/aromatic N) is 2. The number of halogens is 2. The van der Waals surface area contributed by atoms with Gasteiger partial charge in [0.05, 0.1) is 11.8 Å². The van der Waals surface area contributed by atoms with E-state index in [0.29, 0.717) is 16.7 Å². The van der Waals surface area contributed by atoms with Crippen molar-refractivity contribution in [3.05, 3.63) is 70.6 Å². The largest absolute Gasteiger partial charge is 0.489 e. The lowest BCUT2D eigenvalue weighted by Crippen LogP contribution is -2.01. The third-order valence-electron chi connectivity index (χ3n) is 3.22. The molecule has 128 valence electrons. The highest BCUT2D eigenvalue weighted by atomic mass is 32.1. The number of ether oxygens (including phenoxy) is 1. The molecule has 3 rings (SSSR count). The summed E-state index contributed by atoms with van der Waals surface area (Å²) < 4.78 is 32.5. The van der Waals surface area contributed by atoms with Gasteiger partial charge in [-0.05, 0) is 42.0 Å². The van der Waals surface area contributed by atoms with E-state index in [-0.39, 0.29) is 12.2 Å². The standard InChI is InChI=1S/C17H14F2N4OS/c18-14-2-1-3-15(19)13(14)9-24-12-6-4-11(5-7-12)8-21-23-17-22-16(20)10-25-17/h1-8,10H,9,20H2,(H,22,23). The lowest BCUT2D eigenvalue weighted by molar-refractivity contribution is 0.292. The number of aromatic nitrogens is 1. The summed E-state index contributed by atoms with van der Waals surface area (Å²) in [5, 5.41) is 6.36. The summed E-state index contributed by atoms with van der Waals surface area (Å²) in [6.07, 6.45) is 1.61. The predicted molar refractivity (Wildman–Crippen MR) is 94.9 cm³/mol. The average Bonchev–Trinajstić information content (AvgIpc) is 3.01. The molecule has 0 spiro atoms. The number of nitrogen functional groups attached to an aromatic ring is 1. The monoisotopic (exact) mass is 360 g/mol. The highest BCUT2D eigenvalue weighted by molar-refractivity contribution is 7.14. The van der Waals surface area contributed by atoms with Crippen molar-refractivity contribution in [2.24, 2.45) is 5.10 Å². The predicted octanol–water partition coefficient (Wildman–Crippen LogP) is 4.03. The second kappa shape index (κ2) is 7.71. The van der Waals surface area contributed by atoms with E-state index in [0.717, 1.165) is 5.56 Å². The fraction of sp³-hybridized carbons (Fsp3) is 0.0588. The van der Waals surface area contributed by atoms with Gasteiger partial charge in [-0.15, -0.1) is 11.3 Å². The molecule has 0 aliphatic rings. The summed E-state index contributed by atoms with van der Waals surface area (Å²) in [6.45, 7) is -0.182. The number of hydrogen-bond donors (Lipinski definition) is 2. The molecule has 3 aromatic rings. The van der Waals surface area contributed by atoms with Crippen molar-refractivity contribution in [2.45, 2.75) is 6.61 Å². The summed E-state index contributed by atoms with van der Waals surface area (Å²) in [6, 6.07) is 10.6. The van der Waals surface area contributed by atoms with Gasteiger partial charge in [0.2, 0.25) is 5.13 Å². The molecule has 25 heavy (non-hydrogen) atoms. The second-order valence-corrected chi connectivity index (χ2v) is 5.86. The van der Waals surface area contributed by atoms with Gasteiger partial charge in [0, 0.05) is 5.38 Å². The van der Waals surface area contributed by atoms with Crippen LogP contribution >= 0.6 is 11.3 Å². The third-order valence-corrected chi connectivity index (χ3v) is 3.99. The minimum atomic E-state index is -0.627. The van der Waals surface area contributed by atoms with Crippen LogP contribution in [0, 0.1) is 11.6 Å². The molecule has 0 unspecified atom stereocenters. The number of nitrogens with one attached hydrogen (secondary N) is 1. The number of thiazole rings is 1. The van der Waals surface area contributed by atoms with E-state index in [4.69, 9.17) is 10.5 Å². The van der Waals surface area contributed by atoms with Gasteiger partial charge in [-0.3, -0.25) is 5.43 Å². The minimum Gasteiger partial charge on any atom is -0.489 e. The molecule has 5 nitrogen and oxygen atoms in total. The molecule has 0 amide bonds. The Morgan fingerprint density at radius 3 is 2.52 bits per heavy atom. The van der Waals surface area contributed by atoms with Crippen molar-refractivity contribution >= 4 is 28.5 Å². The van der Waals surface area contributed by atoms with Crippen LogP contribution in [0.3, 0.4) is 0 Å². The van der Waals surface area contributed by atoms with Gasteiger partial charge in [-0.1, -0.05) is 6.07 Å². The van der Waals surface area contributed by atoms with Crippen LogP contribution in [0.1, 0.15) is 11.1 Å². The van der Waals surface area contributed by atoms with Gasteiger partial charge in [0.25, 0.3) is 0 Å². The molecule has 2 aromatic carbocycles. The van der Waals surface area contributed by atoms with Crippen LogP contribution in [0.4, 0.5) is 19.7 Å². The summed E-state index contributed by atoms with van der Waals surface area (Å²) in [5.41, 5.74) is 9.01. The molecular formula is C17H14F2N4OS. The van der Waals surface area contributed by atoms with Crippen molar-refractivity contribution in [2.75, 3.05) is 11.2 Å². The van der Waals surface area contributed by atoms with E-state index in [2.05, 4.69) is 15.5 Å². The molecule has 0 saturated carbocycles. The van der Waals surface area contributed by atoms with Crippen LogP contribution in [0.5, 0.6) is 5.75 Å². The summed E-state index contributed by atoms with van der Waals surface area (Å²) in [4.78, 5) is 4.01. The van der Waals surface area contributed by atoms with E-state index in [1.807, 2.05) is 0 Å². The number of hydrazone groups is 1. The molecule has 0 atom stereocenters. The first-order valence-corrected chi connectivity index (χ1v) is 8.15. The van der Waals surface area contributed by atoms with Crippen molar-refractivity contribution in [3.63, 3.8) is 0 Å². The quantitative estimate of drug-likeness (QED) is 0.514. The smallest absolute Gasteiger partial charge is 0.205 e. The number of benzene rings is 2. The molecule has 0 aliphatic heterocycles. The number of rotatable bonds is 6. The van der Waals surface area contributed by atoms with Gasteiger partial charge in [0.1, 0.15) is 29.8 Å². The van der Waals surface area contributed by atoms with Crippen molar-refractivity contribution in [1.82, 2.24) is 4.98 Å². The topological polar surface area (TPSA) is 72.5 Å². The van der Waals surface area contributed by atoms with Gasteiger partial charge in [0.15, 0.2) is 0 Å². The minimum absolute atomic E-state index is 0.0972. The lowest BCUT2D eigenvalue weighted by Gasteiger charge is -2.08. The fourth-order valence-corrected chi connectivity index (χ4v) is 2.52. The van der Waals surface area contributed by atoms with Crippen molar-refractivity contribution < 1.29 is 13.5 Å². The van der Waals surface area contributed by atoms with E-state index < -0.39 is 11.6 Å². The Kier molecular flexibility index (Phi) is 5.20.